The van der Waals surface area contributed by atoms with E-state index in [1.54, 1.807) is 7.11 Å². The number of nitrogens with one attached hydrogen (secondary N) is 2. The Balaban J connectivity index is 2.46. The molecule has 0 unspecified atom stereocenters. The lowest BCUT2D eigenvalue weighted by Crippen LogP contribution is -2.42. The summed E-state index contributed by atoms with van der Waals surface area (Å²) in [5.74, 6) is 0.0295. The second-order valence-electron chi connectivity index (χ2n) is 5.60. The standard InChI is InChI=1S/C14H25N3O2/c1-14(2,3)16-13(18)11-17-8-5-6-12(17)10-15-7-9-19-4/h5-6,8,15H,7,9-11H2,1-4H3,(H,16,18). The van der Waals surface area contributed by atoms with Crippen LogP contribution in [0.5, 0.6) is 0 Å². The Morgan fingerprint density at radius 2 is 2.16 bits per heavy atom. The van der Waals surface area contributed by atoms with E-state index in [4.69, 9.17) is 4.74 Å². The van der Waals surface area contributed by atoms with Gasteiger partial charge in [-0.1, -0.05) is 0 Å². The molecule has 1 aromatic rings. The summed E-state index contributed by atoms with van der Waals surface area (Å²) in [6, 6.07) is 3.97. The van der Waals surface area contributed by atoms with Crippen LogP contribution in [0.25, 0.3) is 0 Å². The van der Waals surface area contributed by atoms with Crippen molar-refractivity contribution in [3.05, 3.63) is 24.0 Å². The first-order chi connectivity index (χ1) is 8.92. The Bertz CT molecular complexity index is 394. The molecule has 0 aliphatic carbocycles. The molecule has 0 fully saturated rings. The van der Waals surface area contributed by atoms with Gasteiger partial charge in [0.1, 0.15) is 6.54 Å². The first kappa shape index (κ1) is 15.7. The number of hydrogen-bond acceptors (Lipinski definition) is 3. The zero-order chi connectivity index (χ0) is 14.3. The van der Waals surface area contributed by atoms with Crippen LogP contribution in [0.3, 0.4) is 0 Å². The maximum atomic E-state index is 11.9. The van der Waals surface area contributed by atoms with Gasteiger partial charge in [-0.05, 0) is 32.9 Å². The summed E-state index contributed by atoms with van der Waals surface area (Å²) >= 11 is 0. The van der Waals surface area contributed by atoms with Crippen LogP contribution in [0, 0.1) is 0 Å². The van der Waals surface area contributed by atoms with Crippen molar-refractivity contribution in [3.63, 3.8) is 0 Å². The average molecular weight is 267 g/mol. The number of rotatable bonds is 7. The Morgan fingerprint density at radius 1 is 1.42 bits per heavy atom. The van der Waals surface area contributed by atoms with Gasteiger partial charge < -0.3 is 19.9 Å². The number of methoxy groups -OCH3 is 1. The molecule has 1 amide bonds. The van der Waals surface area contributed by atoms with Gasteiger partial charge in [0.2, 0.25) is 5.91 Å². The third kappa shape index (κ3) is 6.40. The monoisotopic (exact) mass is 267 g/mol. The molecule has 0 aliphatic heterocycles. The normalized spacial score (nSPS) is 11.6. The molecule has 0 aliphatic rings. The third-order valence-electron chi connectivity index (χ3n) is 2.54. The highest BCUT2D eigenvalue weighted by molar-refractivity contribution is 5.76. The van der Waals surface area contributed by atoms with Crippen molar-refractivity contribution in [1.29, 1.82) is 0 Å². The molecule has 108 valence electrons. The first-order valence-corrected chi connectivity index (χ1v) is 6.57. The number of ether oxygens (including phenoxy) is 1. The molecule has 0 aromatic carbocycles. The summed E-state index contributed by atoms with van der Waals surface area (Å²) in [6.07, 6.45) is 1.93. The zero-order valence-corrected chi connectivity index (χ0v) is 12.3. The second kappa shape index (κ2) is 7.31. The van der Waals surface area contributed by atoms with Crippen molar-refractivity contribution in [2.45, 2.75) is 39.4 Å². The Kier molecular flexibility index (Phi) is 6.05. The fraction of sp³-hybridized carbons (Fsp3) is 0.643. The van der Waals surface area contributed by atoms with E-state index in [2.05, 4.69) is 10.6 Å². The summed E-state index contributed by atoms with van der Waals surface area (Å²) < 4.78 is 6.94. The van der Waals surface area contributed by atoms with Crippen molar-refractivity contribution in [3.8, 4) is 0 Å². The van der Waals surface area contributed by atoms with Crippen LogP contribution >= 0.6 is 0 Å². The van der Waals surface area contributed by atoms with Crippen LogP contribution in [-0.2, 0) is 22.6 Å². The van der Waals surface area contributed by atoms with Crippen molar-refractivity contribution < 1.29 is 9.53 Å². The van der Waals surface area contributed by atoms with E-state index < -0.39 is 0 Å². The highest BCUT2D eigenvalue weighted by Gasteiger charge is 2.14. The number of carbonyl (C=O) groups excluding carboxylic acids is 1. The van der Waals surface area contributed by atoms with Gasteiger partial charge >= 0.3 is 0 Å². The SMILES string of the molecule is COCCNCc1cccn1CC(=O)NC(C)(C)C. The largest absolute Gasteiger partial charge is 0.383 e. The van der Waals surface area contributed by atoms with Crippen LogP contribution in [0.15, 0.2) is 18.3 Å². The number of carbonyl (C=O) groups is 1. The molecule has 0 saturated heterocycles. The number of hydrogen-bond donors (Lipinski definition) is 2. The maximum absolute atomic E-state index is 11.9. The van der Waals surface area contributed by atoms with Crippen molar-refractivity contribution in [1.82, 2.24) is 15.2 Å². The fourth-order valence-electron chi connectivity index (χ4n) is 1.77. The Morgan fingerprint density at radius 3 is 2.79 bits per heavy atom. The summed E-state index contributed by atoms with van der Waals surface area (Å²) in [5.41, 5.74) is 0.904. The van der Waals surface area contributed by atoms with Gasteiger partial charge in [0.25, 0.3) is 0 Å². The van der Waals surface area contributed by atoms with E-state index in [0.717, 1.165) is 18.8 Å². The molecule has 5 nitrogen and oxygen atoms in total. The fourth-order valence-corrected chi connectivity index (χ4v) is 1.77. The summed E-state index contributed by atoms with van der Waals surface area (Å²) in [4.78, 5) is 11.9. The summed E-state index contributed by atoms with van der Waals surface area (Å²) in [7, 11) is 1.68. The lowest BCUT2D eigenvalue weighted by atomic mass is 10.1. The van der Waals surface area contributed by atoms with Crippen LogP contribution in [0.2, 0.25) is 0 Å². The van der Waals surface area contributed by atoms with E-state index in [9.17, 15) is 4.79 Å². The smallest absolute Gasteiger partial charge is 0.240 e. The van der Waals surface area contributed by atoms with E-state index in [0.29, 0.717) is 13.2 Å². The maximum Gasteiger partial charge on any atom is 0.240 e. The third-order valence-corrected chi connectivity index (χ3v) is 2.54. The topological polar surface area (TPSA) is 55.3 Å². The molecule has 5 heteroatoms. The molecule has 1 rings (SSSR count). The summed E-state index contributed by atoms with van der Waals surface area (Å²) in [6.45, 7) is 8.52. The molecular formula is C14H25N3O2. The van der Waals surface area contributed by atoms with Crippen LogP contribution in [-0.4, -0.2) is 36.3 Å². The highest BCUT2D eigenvalue weighted by atomic mass is 16.5. The molecule has 0 saturated carbocycles. The van der Waals surface area contributed by atoms with E-state index >= 15 is 0 Å². The molecule has 1 heterocycles. The van der Waals surface area contributed by atoms with Gasteiger partial charge in [0, 0.05) is 37.6 Å². The van der Waals surface area contributed by atoms with Crippen molar-refractivity contribution in [2.24, 2.45) is 0 Å². The quantitative estimate of drug-likeness (QED) is 0.728. The molecule has 19 heavy (non-hydrogen) atoms. The van der Waals surface area contributed by atoms with Crippen LogP contribution < -0.4 is 10.6 Å². The minimum absolute atomic E-state index is 0.0295. The van der Waals surface area contributed by atoms with Gasteiger partial charge in [0.15, 0.2) is 0 Å². The number of aromatic nitrogens is 1. The Labute approximate surface area is 115 Å². The minimum Gasteiger partial charge on any atom is -0.383 e. The van der Waals surface area contributed by atoms with E-state index in [1.165, 1.54) is 0 Å². The molecule has 0 bridgehead atoms. The van der Waals surface area contributed by atoms with E-state index in [-0.39, 0.29) is 11.4 Å². The summed E-state index contributed by atoms with van der Waals surface area (Å²) in [5, 5.41) is 6.23. The number of amides is 1. The van der Waals surface area contributed by atoms with Crippen molar-refractivity contribution >= 4 is 5.91 Å². The lowest BCUT2D eigenvalue weighted by molar-refractivity contribution is -0.123. The molecular weight excluding hydrogens is 242 g/mol. The lowest BCUT2D eigenvalue weighted by Gasteiger charge is -2.21. The molecule has 0 atom stereocenters. The van der Waals surface area contributed by atoms with Gasteiger partial charge in [-0.3, -0.25) is 4.79 Å². The Hall–Kier alpha value is -1.33. The molecule has 1 aromatic heterocycles. The second-order valence-corrected chi connectivity index (χ2v) is 5.60. The van der Waals surface area contributed by atoms with Gasteiger partial charge in [0.05, 0.1) is 6.61 Å². The van der Waals surface area contributed by atoms with Gasteiger partial charge in [-0.15, -0.1) is 0 Å². The first-order valence-electron chi connectivity index (χ1n) is 6.57. The molecule has 0 radical (unpaired) electrons. The predicted octanol–water partition coefficient (Wildman–Crippen LogP) is 1.14. The van der Waals surface area contributed by atoms with Crippen LogP contribution in [0.1, 0.15) is 26.5 Å². The van der Waals surface area contributed by atoms with Crippen LogP contribution in [0.4, 0.5) is 0 Å². The molecule has 2 N–H and O–H groups in total. The van der Waals surface area contributed by atoms with Crippen molar-refractivity contribution in [2.75, 3.05) is 20.3 Å². The number of nitrogens with zero attached hydrogens (tertiary/aromatic N) is 1. The van der Waals surface area contributed by atoms with Gasteiger partial charge in [-0.2, -0.15) is 0 Å². The predicted molar refractivity (Wildman–Crippen MR) is 75.9 cm³/mol. The minimum atomic E-state index is -0.193. The van der Waals surface area contributed by atoms with E-state index in [1.807, 2.05) is 43.7 Å². The zero-order valence-electron chi connectivity index (χ0n) is 12.3. The molecule has 0 spiro atoms. The van der Waals surface area contributed by atoms with Gasteiger partial charge in [-0.25, -0.2) is 0 Å². The highest BCUT2D eigenvalue weighted by Crippen LogP contribution is 2.04. The average Bonchev–Trinajstić information content (AvgIpc) is 2.69.